The fourth-order valence-electron chi connectivity index (χ4n) is 4.80. The molecular weight excluding hydrogens is 358 g/mol. The largest absolute Gasteiger partial charge is 0.371 e. The van der Waals surface area contributed by atoms with Crippen LogP contribution in [0.15, 0.2) is 24.7 Å². The van der Waals surface area contributed by atoms with Gasteiger partial charge in [-0.1, -0.05) is 37.3 Å². The SMILES string of the molecule is O=C(N[C@H]1CO[C@H]2[C@@H]1OC[C@@H]2n1cc(CC2CCCCC2)nn1)c1cc[nH]c1. The Kier molecular flexibility index (Phi) is 4.90. The van der Waals surface area contributed by atoms with Gasteiger partial charge in [-0.2, -0.15) is 0 Å². The van der Waals surface area contributed by atoms with Gasteiger partial charge in [-0.25, -0.2) is 4.68 Å². The number of hydrogen-bond donors (Lipinski definition) is 2. The fraction of sp³-hybridized carbons (Fsp3) is 0.650. The summed E-state index contributed by atoms with van der Waals surface area (Å²) in [4.78, 5) is 15.2. The standard InChI is InChI=1S/C20H27N5O3/c26-20(14-6-7-21-9-14)22-16-11-27-19-17(12-28-18(16)19)25-10-15(23-24-25)8-13-4-2-1-3-5-13/h6-7,9-10,13,16-19,21H,1-5,8,11-12H2,(H,22,26)/t16-,17-,18+,19+/m0/s1. The number of ether oxygens (including phenoxy) is 2. The van der Waals surface area contributed by atoms with Gasteiger partial charge in [-0.3, -0.25) is 4.79 Å². The number of aromatic nitrogens is 4. The second-order valence-electron chi connectivity index (χ2n) is 8.24. The fourth-order valence-corrected chi connectivity index (χ4v) is 4.80. The number of amides is 1. The van der Waals surface area contributed by atoms with Gasteiger partial charge >= 0.3 is 0 Å². The molecule has 2 N–H and O–H groups in total. The normalized spacial score (nSPS) is 30.4. The molecule has 0 radical (unpaired) electrons. The number of rotatable bonds is 5. The number of nitrogens with zero attached hydrogens (tertiary/aromatic N) is 3. The minimum absolute atomic E-state index is 0.00627. The first-order chi connectivity index (χ1) is 13.8. The van der Waals surface area contributed by atoms with Crippen LogP contribution in [-0.4, -0.2) is 57.3 Å². The Bertz CT molecular complexity index is 799. The van der Waals surface area contributed by atoms with Crippen LogP contribution >= 0.6 is 0 Å². The molecule has 2 aromatic heterocycles. The van der Waals surface area contributed by atoms with Crippen molar-refractivity contribution in [2.45, 2.75) is 62.8 Å². The number of nitrogens with one attached hydrogen (secondary N) is 2. The second kappa shape index (κ2) is 7.67. The van der Waals surface area contributed by atoms with E-state index in [1.807, 2.05) is 4.68 Å². The van der Waals surface area contributed by atoms with Crippen molar-refractivity contribution in [3.05, 3.63) is 35.9 Å². The highest BCUT2D eigenvalue weighted by Crippen LogP contribution is 2.34. The number of fused-ring (bicyclic) bond motifs is 1. The van der Waals surface area contributed by atoms with E-state index in [1.165, 1.54) is 32.1 Å². The van der Waals surface area contributed by atoms with E-state index in [0.717, 1.165) is 18.0 Å². The van der Waals surface area contributed by atoms with Crippen LogP contribution in [0.5, 0.6) is 0 Å². The van der Waals surface area contributed by atoms with E-state index in [1.54, 1.807) is 18.5 Å². The van der Waals surface area contributed by atoms with Crippen molar-refractivity contribution in [3.8, 4) is 0 Å². The number of aromatic amines is 1. The molecule has 5 rings (SSSR count). The van der Waals surface area contributed by atoms with Crippen LogP contribution < -0.4 is 5.32 Å². The molecule has 1 saturated carbocycles. The molecule has 0 aromatic carbocycles. The lowest BCUT2D eigenvalue weighted by Crippen LogP contribution is -2.44. The van der Waals surface area contributed by atoms with Gasteiger partial charge in [0.05, 0.1) is 30.5 Å². The quantitative estimate of drug-likeness (QED) is 0.819. The van der Waals surface area contributed by atoms with E-state index in [4.69, 9.17) is 9.47 Å². The zero-order chi connectivity index (χ0) is 18.9. The third kappa shape index (κ3) is 3.46. The highest BCUT2D eigenvalue weighted by Gasteiger charge is 2.49. The first-order valence-corrected chi connectivity index (χ1v) is 10.4. The first-order valence-electron chi connectivity index (χ1n) is 10.4. The van der Waals surface area contributed by atoms with Crippen LogP contribution in [0.3, 0.4) is 0 Å². The highest BCUT2D eigenvalue weighted by atomic mass is 16.6. The second-order valence-corrected chi connectivity index (χ2v) is 8.24. The van der Waals surface area contributed by atoms with Gasteiger partial charge in [0.1, 0.15) is 18.2 Å². The van der Waals surface area contributed by atoms with E-state index in [2.05, 4.69) is 26.8 Å². The summed E-state index contributed by atoms with van der Waals surface area (Å²) in [5.41, 5.74) is 1.67. The molecule has 4 heterocycles. The summed E-state index contributed by atoms with van der Waals surface area (Å²) in [5, 5.41) is 11.8. The molecule has 3 fully saturated rings. The molecule has 0 unspecified atom stereocenters. The number of carbonyl (C=O) groups is 1. The Morgan fingerprint density at radius 1 is 1.21 bits per heavy atom. The Morgan fingerprint density at radius 2 is 2.07 bits per heavy atom. The van der Waals surface area contributed by atoms with Gasteiger partial charge in [0.25, 0.3) is 5.91 Å². The van der Waals surface area contributed by atoms with Gasteiger partial charge in [-0.15, -0.1) is 5.10 Å². The summed E-state index contributed by atoms with van der Waals surface area (Å²) in [5.74, 6) is 0.625. The van der Waals surface area contributed by atoms with Gasteiger partial charge in [-0.05, 0) is 18.4 Å². The lowest BCUT2D eigenvalue weighted by Gasteiger charge is -2.20. The molecule has 2 aliphatic heterocycles. The molecule has 8 nitrogen and oxygen atoms in total. The van der Waals surface area contributed by atoms with Gasteiger partial charge in [0.15, 0.2) is 0 Å². The predicted octanol–water partition coefficient (Wildman–Crippen LogP) is 1.87. The zero-order valence-electron chi connectivity index (χ0n) is 15.9. The zero-order valence-corrected chi connectivity index (χ0v) is 15.9. The smallest absolute Gasteiger partial charge is 0.253 e. The molecule has 0 spiro atoms. The molecule has 2 aromatic rings. The van der Waals surface area contributed by atoms with Gasteiger partial charge < -0.3 is 19.8 Å². The molecule has 1 aliphatic carbocycles. The van der Waals surface area contributed by atoms with Crippen LogP contribution in [-0.2, 0) is 15.9 Å². The van der Waals surface area contributed by atoms with Crippen molar-refractivity contribution < 1.29 is 14.3 Å². The number of H-pyrrole nitrogens is 1. The summed E-state index contributed by atoms with van der Waals surface area (Å²) < 4.78 is 13.9. The number of hydrogen-bond acceptors (Lipinski definition) is 5. The molecule has 8 heteroatoms. The van der Waals surface area contributed by atoms with Crippen molar-refractivity contribution in [2.75, 3.05) is 13.2 Å². The molecule has 0 bridgehead atoms. The van der Waals surface area contributed by atoms with Gasteiger partial charge in [0.2, 0.25) is 0 Å². The first kappa shape index (κ1) is 17.9. The monoisotopic (exact) mass is 385 g/mol. The molecule has 4 atom stereocenters. The number of carbonyl (C=O) groups excluding carboxylic acids is 1. The minimum atomic E-state index is -0.154. The average molecular weight is 385 g/mol. The third-order valence-electron chi connectivity index (χ3n) is 6.32. The summed E-state index contributed by atoms with van der Waals surface area (Å²) >= 11 is 0. The lowest BCUT2D eigenvalue weighted by atomic mass is 9.86. The lowest BCUT2D eigenvalue weighted by molar-refractivity contribution is 0.0613. The van der Waals surface area contributed by atoms with Crippen molar-refractivity contribution in [1.29, 1.82) is 0 Å². The average Bonchev–Trinajstić information content (AvgIpc) is 3.49. The third-order valence-corrected chi connectivity index (χ3v) is 6.32. The molecule has 2 saturated heterocycles. The van der Waals surface area contributed by atoms with Crippen LogP contribution in [0.4, 0.5) is 0 Å². The van der Waals surface area contributed by atoms with E-state index in [0.29, 0.717) is 18.8 Å². The molecule has 3 aliphatic rings. The summed E-state index contributed by atoms with van der Waals surface area (Å²) in [6, 6.07) is 1.61. The Hall–Kier alpha value is -2.19. The van der Waals surface area contributed by atoms with E-state index in [9.17, 15) is 4.79 Å². The van der Waals surface area contributed by atoms with Gasteiger partial charge in [0, 0.05) is 18.6 Å². The Morgan fingerprint density at radius 3 is 2.89 bits per heavy atom. The van der Waals surface area contributed by atoms with Crippen molar-refractivity contribution in [2.24, 2.45) is 5.92 Å². The molecular formula is C20H27N5O3. The Labute approximate surface area is 164 Å². The maximum atomic E-state index is 12.3. The van der Waals surface area contributed by atoms with Crippen LogP contribution in [0, 0.1) is 5.92 Å². The van der Waals surface area contributed by atoms with Crippen molar-refractivity contribution >= 4 is 5.91 Å². The highest BCUT2D eigenvalue weighted by molar-refractivity contribution is 5.94. The molecule has 1 amide bonds. The summed E-state index contributed by atoms with van der Waals surface area (Å²) in [7, 11) is 0. The van der Waals surface area contributed by atoms with Crippen LogP contribution in [0.2, 0.25) is 0 Å². The van der Waals surface area contributed by atoms with E-state index >= 15 is 0 Å². The topological polar surface area (TPSA) is 94.1 Å². The van der Waals surface area contributed by atoms with E-state index < -0.39 is 0 Å². The maximum absolute atomic E-state index is 12.3. The molecule has 28 heavy (non-hydrogen) atoms. The van der Waals surface area contributed by atoms with Crippen LogP contribution in [0.25, 0.3) is 0 Å². The molecule has 150 valence electrons. The van der Waals surface area contributed by atoms with E-state index in [-0.39, 0.29) is 30.2 Å². The maximum Gasteiger partial charge on any atom is 0.253 e. The summed E-state index contributed by atoms with van der Waals surface area (Å²) in [6.45, 7) is 0.976. The Balaban J connectivity index is 1.21. The van der Waals surface area contributed by atoms with Crippen LogP contribution in [0.1, 0.15) is 54.2 Å². The summed E-state index contributed by atoms with van der Waals surface area (Å²) in [6.07, 6.45) is 12.9. The predicted molar refractivity (Wildman–Crippen MR) is 101 cm³/mol. The van der Waals surface area contributed by atoms with Crippen molar-refractivity contribution in [1.82, 2.24) is 25.3 Å². The minimum Gasteiger partial charge on any atom is -0.371 e. The van der Waals surface area contributed by atoms with Crippen molar-refractivity contribution in [3.63, 3.8) is 0 Å².